The molecule has 2 rings (SSSR count). The second kappa shape index (κ2) is 6.70. The van der Waals surface area contributed by atoms with E-state index in [1.165, 1.54) is 4.90 Å². The van der Waals surface area contributed by atoms with E-state index in [0.29, 0.717) is 5.56 Å². The molecule has 0 aliphatic rings. The third-order valence-corrected chi connectivity index (χ3v) is 3.31. The Bertz CT molecular complexity index is 626. The molecule has 4 nitrogen and oxygen atoms in total. The van der Waals surface area contributed by atoms with Gasteiger partial charge in [-0.3, -0.25) is 9.59 Å². The molecule has 0 radical (unpaired) electrons. The minimum atomic E-state index is 0.0432. The summed E-state index contributed by atoms with van der Waals surface area (Å²) >= 11 is 0. The molecular weight excluding hydrogens is 264 g/mol. The molecule has 21 heavy (non-hydrogen) atoms. The Hall–Kier alpha value is -2.62. The molecule has 0 fully saturated rings. The molecule has 0 saturated heterocycles. The van der Waals surface area contributed by atoms with Crippen molar-refractivity contribution in [1.82, 2.24) is 0 Å². The lowest BCUT2D eigenvalue weighted by molar-refractivity contribution is -0.107. The number of likely N-dealkylation sites (N-methyl/N-ethyl adjacent to an activating group) is 1. The van der Waals surface area contributed by atoms with Gasteiger partial charge in [-0.1, -0.05) is 42.5 Å². The molecule has 2 aromatic rings. The highest BCUT2D eigenvalue weighted by atomic mass is 16.1. The second-order valence-electron chi connectivity index (χ2n) is 4.85. The summed E-state index contributed by atoms with van der Waals surface area (Å²) in [5.41, 5.74) is 2.30. The average molecular weight is 282 g/mol. The third-order valence-electron chi connectivity index (χ3n) is 3.31. The van der Waals surface area contributed by atoms with Crippen LogP contribution in [0.4, 0.5) is 11.4 Å². The number of hydrogen-bond acceptors (Lipinski definition) is 3. The number of carbonyl (C=O) groups is 2. The van der Waals surface area contributed by atoms with Gasteiger partial charge in [-0.15, -0.1) is 0 Å². The van der Waals surface area contributed by atoms with E-state index in [2.05, 4.69) is 0 Å². The van der Waals surface area contributed by atoms with Crippen molar-refractivity contribution < 1.29 is 9.59 Å². The Morgan fingerprint density at radius 1 is 0.952 bits per heavy atom. The maximum Gasteiger partial charge on any atom is 0.213 e. The van der Waals surface area contributed by atoms with Crippen molar-refractivity contribution in [3.63, 3.8) is 0 Å². The number of Topliss-reactive ketones (excluding diaryl/α,β-unsaturated/α-hetero) is 1. The fourth-order valence-corrected chi connectivity index (χ4v) is 2.16. The number of carbonyl (C=O) groups excluding carboxylic acids is 2. The number of para-hydroxylation sites is 2. The van der Waals surface area contributed by atoms with E-state index in [-0.39, 0.29) is 12.3 Å². The van der Waals surface area contributed by atoms with Crippen LogP contribution in [0, 0.1) is 0 Å². The van der Waals surface area contributed by atoms with E-state index < -0.39 is 0 Å². The van der Waals surface area contributed by atoms with Crippen LogP contribution in [-0.4, -0.2) is 32.8 Å². The fourth-order valence-electron chi connectivity index (χ4n) is 2.16. The molecule has 0 aliphatic carbocycles. The Balaban J connectivity index is 2.19. The van der Waals surface area contributed by atoms with Gasteiger partial charge in [-0.05, 0) is 12.1 Å². The number of anilines is 2. The van der Waals surface area contributed by atoms with Crippen molar-refractivity contribution in [2.24, 2.45) is 0 Å². The van der Waals surface area contributed by atoms with Crippen LogP contribution in [0.25, 0.3) is 0 Å². The molecule has 2 aromatic carbocycles. The zero-order valence-corrected chi connectivity index (χ0v) is 12.2. The number of ketones is 1. The van der Waals surface area contributed by atoms with Crippen molar-refractivity contribution in [3.05, 3.63) is 60.2 Å². The van der Waals surface area contributed by atoms with Gasteiger partial charge in [0, 0.05) is 19.7 Å². The summed E-state index contributed by atoms with van der Waals surface area (Å²) in [4.78, 5) is 26.6. The van der Waals surface area contributed by atoms with Crippen molar-refractivity contribution in [1.29, 1.82) is 0 Å². The summed E-state index contributed by atoms with van der Waals surface area (Å²) in [5, 5.41) is 0. The number of benzene rings is 2. The van der Waals surface area contributed by atoms with Gasteiger partial charge in [0.25, 0.3) is 0 Å². The zero-order chi connectivity index (χ0) is 15.2. The Morgan fingerprint density at radius 2 is 1.52 bits per heavy atom. The summed E-state index contributed by atoms with van der Waals surface area (Å²) in [6.07, 6.45) is 0.756. The van der Waals surface area contributed by atoms with E-state index >= 15 is 0 Å². The van der Waals surface area contributed by atoms with Crippen molar-refractivity contribution in [2.45, 2.75) is 0 Å². The Morgan fingerprint density at radius 3 is 2.14 bits per heavy atom. The van der Waals surface area contributed by atoms with Crippen molar-refractivity contribution in [3.8, 4) is 0 Å². The molecule has 0 bridgehead atoms. The summed E-state index contributed by atoms with van der Waals surface area (Å²) in [6, 6.07) is 16.7. The van der Waals surface area contributed by atoms with Crippen LogP contribution < -0.4 is 9.80 Å². The van der Waals surface area contributed by atoms with Crippen LogP contribution in [0.5, 0.6) is 0 Å². The lowest BCUT2D eigenvalue weighted by Gasteiger charge is -2.24. The molecule has 108 valence electrons. The lowest BCUT2D eigenvalue weighted by Crippen LogP contribution is -2.27. The molecule has 4 heteroatoms. The van der Waals surface area contributed by atoms with Gasteiger partial charge in [0.05, 0.1) is 17.9 Å². The minimum Gasteiger partial charge on any atom is -0.365 e. The molecule has 0 unspecified atom stereocenters. The summed E-state index contributed by atoms with van der Waals surface area (Å²) in [6.45, 7) is 0.258. The first-order valence-corrected chi connectivity index (χ1v) is 6.70. The third kappa shape index (κ3) is 3.48. The maximum atomic E-state index is 12.3. The molecule has 0 spiro atoms. The van der Waals surface area contributed by atoms with E-state index in [0.717, 1.165) is 17.8 Å². The first kappa shape index (κ1) is 14.8. The van der Waals surface area contributed by atoms with Crippen LogP contribution in [0.15, 0.2) is 54.6 Å². The molecule has 0 N–H and O–H groups in total. The van der Waals surface area contributed by atoms with Crippen LogP contribution >= 0.6 is 0 Å². The van der Waals surface area contributed by atoms with Gasteiger partial charge in [0.1, 0.15) is 0 Å². The maximum absolute atomic E-state index is 12.3. The topological polar surface area (TPSA) is 40.6 Å². The smallest absolute Gasteiger partial charge is 0.213 e. The molecule has 0 heterocycles. The summed E-state index contributed by atoms with van der Waals surface area (Å²) in [7, 11) is 3.54. The Kier molecular flexibility index (Phi) is 4.72. The molecule has 1 amide bonds. The number of amides is 1. The highest BCUT2D eigenvalue weighted by Gasteiger charge is 2.14. The second-order valence-corrected chi connectivity index (χ2v) is 4.85. The van der Waals surface area contributed by atoms with E-state index in [1.807, 2.05) is 54.4 Å². The lowest BCUT2D eigenvalue weighted by atomic mass is 10.1. The van der Waals surface area contributed by atoms with Crippen LogP contribution in [0.3, 0.4) is 0 Å². The number of rotatable bonds is 6. The quantitative estimate of drug-likeness (QED) is 0.604. The van der Waals surface area contributed by atoms with Crippen LogP contribution in [0.2, 0.25) is 0 Å². The van der Waals surface area contributed by atoms with Gasteiger partial charge in [0.2, 0.25) is 6.41 Å². The molecule has 0 aliphatic heterocycles. The monoisotopic (exact) mass is 282 g/mol. The minimum absolute atomic E-state index is 0.0432. The first-order chi connectivity index (χ1) is 10.1. The van der Waals surface area contributed by atoms with E-state index in [9.17, 15) is 9.59 Å². The normalized spacial score (nSPS) is 10.0. The van der Waals surface area contributed by atoms with Gasteiger partial charge in [-0.2, -0.15) is 0 Å². The standard InChI is InChI=1S/C17H18N2O2/c1-18(12-17(21)14-8-4-3-5-9-14)15-10-6-7-11-16(15)19(2)13-20/h3-11,13H,12H2,1-2H3. The summed E-state index contributed by atoms with van der Waals surface area (Å²) < 4.78 is 0. The fraction of sp³-hybridized carbons (Fsp3) is 0.176. The molecule has 0 atom stereocenters. The van der Waals surface area contributed by atoms with Gasteiger partial charge >= 0.3 is 0 Å². The van der Waals surface area contributed by atoms with E-state index in [4.69, 9.17) is 0 Å². The molecular formula is C17H18N2O2. The van der Waals surface area contributed by atoms with Crippen LogP contribution in [0.1, 0.15) is 10.4 Å². The molecule has 0 saturated carbocycles. The summed E-state index contributed by atoms with van der Waals surface area (Å²) in [5.74, 6) is 0.0432. The Labute approximate surface area is 124 Å². The van der Waals surface area contributed by atoms with E-state index in [1.54, 1.807) is 19.2 Å². The van der Waals surface area contributed by atoms with Crippen LogP contribution in [-0.2, 0) is 4.79 Å². The predicted octanol–water partition coefficient (Wildman–Crippen LogP) is 2.60. The number of nitrogens with zero attached hydrogens (tertiary/aromatic N) is 2. The first-order valence-electron chi connectivity index (χ1n) is 6.70. The number of hydrogen-bond donors (Lipinski definition) is 0. The molecule has 0 aromatic heterocycles. The van der Waals surface area contributed by atoms with Gasteiger partial charge < -0.3 is 9.80 Å². The van der Waals surface area contributed by atoms with Gasteiger partial charge in [-0.25, -0.2) is 0 Å². The van der Waals surface area contributed by atoms with Crippen molar-refractivity contribution >= 4 is 23.6 Å². The van der Waals surface area contributed by atoms with Crippen molar-refractivity contribution in [2.75, 3.05) is 30.4 Å². The predicted molar refractivity (Wildman–Crippen MR) is 85.0 cm³/mol. The highest BCUT2D eigenvalue weighted by Crippen LogP contribution is 2.26. The largest absolute Gasteiger partial charge is 0.365 e. The SMILES string of the molecule is CN(C=O)c1ccccc1N(C)CC(=O)c1ccccc1. The average Bonchev–Trinajstić information content (AvgIpc) is 2.54. The zero-order valence-electron chi connectivity index (χ0n) is 12.2. The highest BCUT2D eigenvalue weighted by molar-refractivity contribution is 5.99. The van der Waals surface area contributed by atoms with Gasteiger partial charge in [0.15, 0.2) is 5.78 Å².